The lowest BCUT2D eigenvalue weighted by Crippen LogP contribution is -2.33. The Morgan fingerprint density at radius 1 is 1.15 bits per heavy atom. The molecule has 0 atom stereocenters. The Hall–Kier alpha value is -3.18. The number of sulfonamides is 1. The first-order valence-corrected chi connectivity index (χ1v) is 9.94. The van der Waals surface area contributed by atoms with Gasteiger partial charge in [-0.1, -0.05) is 18.2 Å². The molecule has 1 N–H and O–H groups in total. The van der Waals surface area contributed by atoms with E-state index in [4.69, 9.17) is 5.26 Å². The van der Waals surface area contributed by atoms with E-state index in [1.807, 2.05) is 6.07 Å². The maximum atomic E-state index is 12.2. The summed E-state index contributed by atoms with van der Waals surface area (Å²) < 4.78 is 25.3. The highest BCUT2D eigenvalue weighted by molar-refractivity contribution is 7.92. The Kier molecular flexibility index (Phi) is 6.32. The molecule has 0 aliphatic rings. The molecule has 0 aliphatic carbocycles. The minimum absolute atomic E-state index is 0.0774. The molecule has 0 radical (unpaired) electrons. The van der Waals surface area contributed by atoms with E-state index < -0.39 is 10.0 Å². The fourth-order valence-corrected chi connectivity index (χ4v) is 3.38. The van der Waals surface area contributed by atoms with Gasteiger partial charge in [0.25, 0.3) is 0 Å². The number of nitriles is 1. The van der Waals surface area contributed by atoms with Gasteiger partial charge in [0.1, 0.15) is 0 Å². The number of rotatable bonds is 7. The Balaban J connectivity index is 2.11. The number of hydrogen-bond donors (Lipinski definition) is 1. The van der Waals surface area contributed by atoms with Crippen LogP contribution < -0.4 is 9.62 Å². The molecule has 0 aromatic heterocycles. The number of nitrogens with zero attached hydrogens (tertiary/aromatic N) is 2. The number of Topliss-reactive ketones (excluding diaryl/α,β-unsaturated/α-hetero) is 1. The van der Waals surface area contributed by atoms with E-state index in [1.54, 1.807) is 42.5 Å². The number of amides is 1. The van der Waals surface area contributed by atoms with E-state index in [0.717, 1.165) is 10.6 Å². The van der Waals surface area contributed by atoms with Crippen LogP contribution >= 0.6 is 0 Å². The van der Waals surface area contributed by atoms with E-state index in [-0.39, 0.29) is 24.7 Å². The summed E-state index contributed by atoms with van der Waals surface area (Å²) in [7, 11) is -3.63. The maximum Gasteiger partial charge on any atom is 0.232 e. The Morgan fingerprint density at radius 2 is 1.85 bits per heavy atom. The smallest absolute Gasteiger partial charge is 0.232 e. The number of nitrogens with one attached hydrogen (secondary N) is 1. The highest BCUT2D eigenvalue weighted by atomic mass is 32.2. The average Bonchev–Trinajstić information content (AvgIpc) is 2.61. The lowest BCUT2D eigenvalue weighted by molar-refractivity contribution is -0.116. The second-order valence-corrected chi connectivity index (χ2v) is 7.84. The minimum Gasteiger partial charge on any atom is -0.326 e. The van der Waals surface area contributed by atoms with Crippen LogP contribution in [0.1, 0.15) is 29.3 Å². The molecule has 0 saturated carbocycles. The molecular formula is C19H19N3O4S. The van der Waals surface area contributed by atoms with Crippen LogP contribution in [0.2, 0.25) is 0 Å². The van der Waals surface area contributed by atoms with Crippen LogP contribution in [-0.2, 0) is 14.8 Å². The van der Waals surface area contributed by atoms with Crippen LogP contribution in [0, 0.1) is 11.3 Å². The lowest BCUT2D eigenvalue weighted by Gasteiger charge is -2.22. The molecule has 27 heavy (non-hydrogen) atoms. The average molecular weight is 385 g/mol. The third-order valence-electron chi connectivity index (χ3n) is 3.76. The zero-order valence-corrected chi connectivity index (χ0v) is 15.8. The molecule has 0 aliphatic heterocycles. The van der Waals surface area contributed by atoms with Crippen LogP contribution in [0.3, 0.4) is 0 Å². The summed E-state index contributed by atoms with van der Waals surface area (Å²) in [4.78, 5) is 23.6. The summed E-state index contributed by atoms with van der Waals surface area (Å²) in [5.74, 6) is -0.507. The van der Waals surface area contributed by atoms with Crippen molar-refractivity contribution in [2.45, 2.75) is 13.3 Å². The first-order valence-electron chi connectivity index (χ1n) is 8.09. The van der Waals surface area contributed by atoms with E-state index in [0.29, 0.717) is 22.5 Å². The molecule has 0 unspecified atom stereocenters. The van der Waals surface area contributed by atoms with Crippen LogP contribution in [0.5, 0.6) is 0 Å². The Morgan fingerprint density at radius 3 is 2.48 bits per heavy atom. The molecule has 7 nitrogen and oxygen atoms in total. The molecule has 2 aromatic carbocycles. The second-order valence-electron chi connectivity index (χ2n) is 5.93. The molecular weight excluding hydrogens is 366 g/mol. The summed E-state index contributed by atoms with van der Waals surface area (Å²) >= 11 is 0. The lowest BCUT2D eigenvalue weighted by atomic mass is 10.1. The second kappa shape index (κ2) is 8.47. The normalized spacial score (nSPS) is 10.7. The van der Waals surface area contributed by atoms with Gasteiger partial charge in [0.2, 0.25) is 15.9 Å². The van der Waals surface area contributed by atoms with Crippen molar-refractivity contribution in [2.75, 3.05) is 22.4 Å². The van der Waals surface area contributed by atoms with E-state index in [9.17, 15) is 18.0 Å². The van der Waals surface area contributed by atoms with Crippen molar-refractivity contribution in [1.29, 1.82) is 5.26 Å². The molecule has 2 aromatic rings. The topological polar surface area (TPSA) is 107 Å². The van der Waals surface area contributed by atoms with Gasteiger partial charge in [-0.15, -0.1) is 0 Å². The zero-order valence-electron chi connectivity index (χ0n) is 15.0. The largest absolute Gasteiger partial charge is 0.326 e. The van der Waals surface area contributed by atoms with Gasteiger partial charge in [-0.2, -0.15) is 5.26 Å². The third-order valence-corrected chi connectivity index (χ3v) is 4.95. The SMILES string of the molecule is CC(=O)c1cccc(NC(=O)CCN(c2cccc(C#N)c2)S(C)(=O)=O)c1. The molecule has 0 heterocycles. The number of ketones is 1. The molecule has 0 fully saturated rings. The summed E-state index contributed by atoms with van der Waals surface area (Å²) in [6.45, 7) is 1.35. The summed E-state index contributed by atoms with van der Waals surface area (Å²) in [5, 5.41) is 11.6. The molecule has 0 bridgehead atoms. The van der Waals surface area contributed by atoms with Gasteiger partial charge in [0.05, 0.1) is 23.6 Å². The predicted octanol–water partition coefficient (Wildman–Crippen LogP) is 2.56. The molecule has 140 valence electrons. The number of carbonyl (C=O) groups is 2. The standard InChI is InChI=1S/C19H19N3O4S/c1-14(23)16-6-4-7-17(12-16)21-19(24)9-10-22(27(2,25)26)18-8-3-5-15(11-18)13-20/h3-8,11-12H,9-10H2,1-2H3,(H,21,24). The summed E-state index contributed by atoms with van der Waals surface area (Å²) in [5.41, 5.74) is 1.58. The highest BCUT2D eigenvalue weighted by Gasteiger charge is 2.19. The van der Waals surface area contributed by atoms with Crippen molar-refractivity contribution in [3.05, 3.63) is 59.7 Å². The molecule has 0 spiro atoms. The van der Waals surface area contributed by atoms with Crippen LogP contribution in [0.4, 0.5) is 11.4 Å². The maximum absolute atomic E-state index is 12.2. The first-order chi connectivity index (χ1) is 12.7. The van der Waals surface area contributed by atoms with Gasteiger partial charge in [-0.25, -0.2) is 8.42 Å². The highest BCUT2D eigenvalue weighted by Crippen LogP contribution is 2.19. The van der Waals surface area contributed by atoms with Crippen LogP contribution in [0.15, 0.2) is 48.5 Å². The van der Waals surface area contributed by atoms with Crippen molar-refractivity contribution in [1.82, 2.24) is 0 Å². The molecule has 0 saturated heterocycles. The van der Waals surface area contributed by atoms with Crippen molar-refractivity contribution in [3.8, 4) is 6.07 Å². The quantitative estimate of drug-likeness (QED) is 0.737. The molecule has 2 rings (SSSR count). The van der Waals surface area contributed by atoms with Crippen LogP contribution in [-0.4, -0.2) is 32.9 Å². The number of anilines is 2. The zero-order chi connectivity index (χ0) is 20.0. The van der Waals surface area contributed by atoms with E-state index in [2.05, 4.69) is 5.32 Å². The summed E-state index contributed by atoms with van der Waals surface area (Å²) in [6, 6.07) is 14.6. The monoisotopic (exact) mass is 385 g/mol. The number of hydrogen-bond acceptors (Lipinski definition) is 5. The van der Waals surface area contributed by atoms with Gasteiger partial charge < -0.3 is 5.32 Å². The van der Waals surface area contributed by atoms with E-state index >= 15 is 0 Å². The van der Waals surface area contributed by atoms with Gasteiger partial charge in [0.15, 0.2) is 5.78 Å². The van der Waals surface area contributed by atoms with Crippen molar-refractivity contribution < 1.29 is 18.0 Å². The van der Waals surface area contributed by atoms with Gasteiger partial charge in [0, 0.05) is 24.2 Å². The van der Waals surface area contributed by atoms with Crippen molar-refractivity contribution >= 4 is 33.1 Å². The third kappa shape index (κ3) is 5.66. The number of benzene rings is 2. The predicted molar refractivity (Wildman–Crippen MR) is 103 cm³/mol. The van der Waals surface area contributed by atoms with Crippen molar-refractivity contribution in [2.24, 2.45) is 0 Å². The number of carbonyl (C=O) groups excluding carboxylic acids is 2. The Labute approximate surface area is 158 Å². The fourth-order valence-electron chi connectivity index (χ4n) is 2.46. The molecule has 8 heteroatoms. The minimum atomic E-state index is -3.63. The fraction of sp³-hybridized carbons (Fsp3) is 0.211. The Bertz CT molecular complexity index is 1010. The van der Waals surface area contributed by atoms with Crippen LogP contribution in [0.25, 0.3) is 0 Å². The van der Waals surface area contributed by atoms with Gasteiger partial charge in [-0.3, -0.25) is 13.9 Å². The van der Waals surface area contributed by atoms with E-state index in [1.165, 1.54) is 13.0 Å². The van der Waals surface area contributed by atoms with Crippen molar-refractivity contribution in [3.63, 3.8) is 0 Å². The summed E-state index contributed by atoms with van der Waals surface area (Å²) in [6.07, 6.45) is 0.953. The molecule has 1 amide bonds. The van der Waals surface area contributed by atoms with Gasteiger partial charge in [-0.05, 0) is 37.3 Å². The van der Waals surface area contributed by atoms with Gasteiger partial charge >= 0.3 is 0 Å². The first kappa shape index (κ1) is 20.1.